The van der Waals surface area contributed by atoms with Crippen LogP contribution in [0.15, 0.2) is 48.8 Å². The second-order valence-electron chi connectivity index (χ2n) is 5.06. The second kappa shape index (κ2) is 8.13. The van der Waals surface area contributed by atoms with Crippen molar-refractivity contribution in [3.63, 3.8) is 0 Å². The number of anilines is 1. The fourth-order valence-corrected chi connectivity index (χ4v) is 3.25. The highest BCUT2D eigenvalue weighted by atomic mass is 35.5. The van der Waals surface area contributed by atoms with Crippen LogP contribution in [0.1, 0.15) is 5.56 Å². The molecule has 0 amide bonds. The third-order valence-electron chi connectivity index (χ3n) is 3.48. The molecular formula is C17H17ClN4O2S. The van der Waals surface area contributed by atoms with E-state index in [2.05, 4.69) is 14.9 Å². The number of nitrogens with one attached hydrogen (secondary N) is 1. The lowest BCUT2D eigenvalue weighted by atomic mass is 10.2. The first kappa shape index (κ1) is 17.4. The average Bonchev–Trinajstić information content (AvgIpc) is 3.09. The molecule has 0 saturated heterocycles. The largest absolute Gasteiger partial charge is 0.494 e. The summed E-state index contributed by atoms with van der Waals surface area (Å²) in [6, 6.07) is 13.3. The van der Waals surface area contributed by atoms with Crippen molar-refractivity contribution in [1.82, 2.24) is 14.8 Å². The van der Waals surface area contributed by atoms with Gasteiger partial charge in [-0.15, -0.1) is 10.2 Å². The third kappa shape index (κ3) is 4.00. The van der Waals surface area contributed by atoms with Crippen molar-refractivity contribution in [2.24, 2.45) is 0 Å². The van der Waals surface area contributed by atoms with Gasteiger partial charge in [-0.3, -0.25) is 9.29 Å². The van der Waals surface area contributed by atoms with Crippen LogP contribution in [0.3, 0.4) is 0 Å². The van der Waals surface area contributed by atoms with Crippen molar-refractivity contribution in [1.29, 1.82) is 0 Å². The van der Waals surface area contributed by atoms with Gasteiger partial charge < -0.3 is 9.47 Å². The molecule has 0 fully saturated rings. The van der Waals surface area contributed by atoms with E-state index in [1.165, 1.54) is 11.9 Å². The van der Waals surface area contributed by atoms with Crippen LogP contribution in [0.25, 0.3) is 5.69 Å². The van der Waals surface area contributed by atoms with Gasteiger partial charge >= 0.3 is 0 Å². The van der Waals surface area contributed by atoms with Gasteiger partial charge in [-0.05, 0) is 41.8 Å². The van der Waals surface area contributed by atoms with Gasteiger partial charge in [0.05, 0.1) is 14.2 Å². The molecule has 0 aliphatic rings. The van der Waals surface area contributed by atoms with E-state index < -0.39 is 0 Å². The van der Waals surface area contributed by atoms with Crippen molar-refractivity contribution < 1.29 is 9.47 Å². The van der Waals surface area contributed by atoms with Crippen LogP contribution < -0.4 is 14.2 Å². The molecule has 3 aromatic rings. The predicted molar refractivity (Wildman–Crippen MR) is 101 cm³/mol. The average molecular weight is 377 g/mol. The standard InChI is InChI=1S/C17H17ClN4O2S/c1-23-14-7-4-8-15(24-2)16(14)22-11-19-20-17(22)21-25-10-12-5-3-6-13(18)9-12/h3-9,11H,10H2,1-2H3,(H,20,21). The number of rotatable bonds is 7. The van der Waals surface area contributed by atoms with Gasteiger partial charge in [-0.25, -0.2) is 0 Å². The summed E-state index contributed by atoms with van der Waals surface area (Å²) in [5, 5.41) is 8.85. The highest BCUT2D eigenvalue weighted by molar-refractivity contribution is 7.99. The molecule has 130 valence electrons. The fraction of sp³-hybridized carbons (Fsp3) is 0.176. The number of hydrogen-bond acceptors (Lipinski definition) is 6. The second-order valence-corrected chi connectivity index (χ2v) is 6.27. The molecule has 0 saturated carbocycles. The molecule has 0 atom stereocenters. The maximum absolute atomic E-state index is 6.01. The molecule has 3 rings (SSSR count). The zero-order valence-electron chi connectivity index (χ0n) is 13.8. The minimum atomic E-state index is 0.579. The van der Waals surface area contributed by atoms with Crippen LogP contribution >= 0.6 is 23.5 Å². The number of methoxy groups -OCH3 is 2. The van der Waals surface area contributed by atoms with Crippen molar-refractivity contribution in [2.75, 3.05) is 18.9 Å². The number of ether oxygens (including phenoxy) is 2. The van der Waals surface area contributed by atoms with Crippen LogP contribution in [0, 0.1) is 0 Å². The Balaban J connectivity index is 1.79. The summed E-state index contributed by atoms with van der Waals surface area (Å²) in [6.45, 7) is 0. The summed E-state index contributed by atoms with van der Waals surface area (Å²) >= 11 is 7.51. The van der Waals surface area contributed by atoms with Crippen molar-refractivity contribution in [3.8, 4) is 17.2 Å². The number of benzene rings is 2. The van der Waals surface area contributed by atoms with Gasteiger partial charge in [-0.2, -0.15) is 0 Å². The van der Waals surface area contributed by atoms with E-state index in [1.54, 1.807) is 25.1 Å². The van der Waals surface area contributed by atoms with Gasteiger partial charge in [-0.1, -0.05) is 29.8 Å². The number of halogens is 1. The Labute approximate surface area is 155 Å². The molecule has 0 aliphatic carbocycles. The Morgan fingerprint density at radius 2 is 1.84 bits per heavy atom. The van der Waals surface area contributed by atoms with E-state index in [4.69, 9.17) is 21.1 Å². The summed E-state index contributed by atoms with van der Waals surface area (Å²) < 4.78 is 15.9. The van der Waals surface area contributed by atoms with E-state index in [0.29, 0.717) is 17.4 Å². The molecule has 8 heteroatoms. The number of aromatic nitrogens is 3. The number of nitrogens with zero attached hydrogens (tertiary/aromatic N) is 3. The number of para-hydroxylation sites is 1. The first-order valence-electron chi connectivity index (χ1n) is 7.46. The Morgan fingerprint density at radius 1 is 1.12 bits per heavy atom. The molecule has 0 aliphatic heterocycles. The van der Waals surface area contributed by atoms with E-state index in [-0.39, 0.29) is 0 Å². The molecule has 1 aromatic heterocycles. The lowest BCUT2D eigenvalue weighted by Gasteiger charge is -2.15. The predicted octanol–water partition coefficient (Wildman–Crippen LogP) is 4.20. The molecule has 0 spiro atoms. The first-order chi connectivity index (χ1) is 12.2. The molecule has 0 radical (unpaired) electrons. The van der Waals surface area contributed by atoms with Crippen LogP contribution in [0.2, 0.25) is 5.02 Å². The van der Waals surface area contributed by atoms with Crippen molar-refractivity contribution >= 4 is 29.5 Å². The van der Waals surface area contributed by atoms with Gasteiger partial charge in [0.2, 0.25) is 5.95 Å². The van der Waals surface area contributed by atoms with Crippen LogP contribution in [0.4, 0.5) is 5.95 Å². The molecule has 1 N–H and O–H groups in total. The quantitative estimate of drug-likeness (QED) is 0.623. The minimum absolute atomic E-state index is 0.579. The minimum Gasteiger partial charge on any atom is -0.494 e. The normalized spacial score (nSPS) is 10.5. The van der Waals surface area contributed by atoms with Crippen LogP contribution in [0.5, 0.6) is 11.5 Å². The van der Waals surface area contributed by atoms with Gasteiger partial charge in [0.25, 0.3) is 0 Å². The Hall–Kier alpha value is -2.38. The molecule has 2 aromatic carbocycles. The highest BCUT2D eigenvalue weighted by Gasteiger charge is 2.16. The van der Waals surface area contributed by atoms with E-state index in [1.807, 2.05) is 42.5 Å². The third-order valence-corrected chi connectivity index (χ3v) is 4.52. The van der Waals surface area contributed by atoms with E-state index in [9.17, 15) is 0 Å². The summed E-state index contributed by atoms with van der Waals surface area (Å²) in [5.74, 6) is 2.65. The summed E-state index contributed by atoms with van der Waals surface area (Å²) in [4.78, 5) is 0. The monoisotopic (exact) mass is 376 g/mol. The molecular weight excluding hydrogens is 360 g/mol. The summed E-state index contributed by atoms with van der Waals surface area (Å²) in [5.41, 5.74) is 1.86. The van der Waals surface area contributed by atoms with Crippen molar-refractivity contribution in [2.45, 2.75) is 5.75 Å². The fourth-order valence-electron chi connectivity index (χ4n) is 2.35. The molecule has 0 unspecified atom stereocenters. The number of hydrogen-bond donors (Lipinski definition) is 1. The molecule has 1 heterocycles. The maximum Gasteiger partial charge on any atom is 0.239 e. The van der Waals surface area contributed by atoms with Gasteiger partial charge in [0, 0.05) is 10.8 Å². The van der Waals surface area contributed by atoms with Gasteiger partial charge in [0.1, 0.15) is 23.5 Å². The van der Waals surface area contributed by atoms with Crippen LogP contribution in [-0.4, -0.2) is 29.0 Å². The Kier molecular flexibility index (Phi) is 5.67. The van der Waals surface area contributed by atoms with E-state index in [0.717, 1.165) is 22.0 Å². The maximum atomic E-state index is 6.01. The van der Waals surface area contributed by atoms with Crippen molar-refractivity contribution in [3.05, 3.63) is 59.4 Å². The lowest BCUT2D eigenvalue weighted by Crippen LogP contribution is -2.04. The first-order valence-corrected chi connectivity index (χ1v) is 8.83. The van der Waals surface area contributed by atoms with E-state index >= 15 is 0 Å². The Morgan fingerprint density at radius 3 is 2.52 bits per heavy atom. The van der Waals surface area contributed by atoms with Crippen LogP contribution in [-0.2, 0) is 5.75 Å². The lowest BCUT2D eigenvalue weighted by molar-refractivity contribution is 0.391. The summed E-state index contributed by atoms with van der Waals surface area (Å²) in [6.07, 6.45) is 1.61. The topological polar surface area (TPSA) is 61.2 Å². The molecule has 6 nitrogen and oxygen atoms in total. The van der Waals surface area contributed by atoms with Gasteiger partial charge in [0.15, 0.2) is 0 Å². The smallest absolute Gasteiger partial charge is 0.239 e. The molecule has 25 heavy (non-hydrogen) atoms. The zero-order chi connectivity index (χ0) is 17.6. The SMILES string of the molecule is COc1cccc(OC)c1-n1cnnc1NSCc1cccc(Cl)c1. The summed E-state index contributed by atoms with van der Waals surface area (Å²) in [7, 11) is 3.23. The zero-order valence-corrected chi connectivity index (χ0v) is 15.3. The Bertz CT molecular complexity index is 834. The molecule has 0 bridgehead atoms. The highest BCUT2D eigenvalue weighted by Crippen LogP contribution is 2.34.